The van der Waals surface area contributed by atoms with Crippen molar-refractivity contribution in [3.63, 3.8) is 0 Å². The highest BCUT2D eigenvalue weighted by molar-refractivity contribution is 6.30. The molecular weight excluding hydrogens is 238 g/mol. The second kappa shape index (κ2) is 4.05. The second-order valence-corrected chi connectivity index (χ2v) is 4.69. The van der Waals surface area contributed by atoms with Gasteiger partial charge < -0.3 is 10.1 Å². The number of carbonyl (C=O) groups is 1. The van der Waals surface area contributed by atoms with Crippen LogP contribution in [-0.2, 0) is 10.4 Å². The van der Waals surface area contributed by atoms with E-state index in [1.165, 1.54) is 0 Å². The van der Waals surface area contributed by atoms with Crippen molar-refractivity contribution in [1.29, 1.82) is 5.41 Å². The SMILES string of the molecule is CC1(C(=O)C=N)Oc2ccccc2-c2ccccc21. The summed E-state index contributed by atoms with van der Waals surface area (Å²) in [6, 6.07) is 15.3. The van der Waals surface area contributed by atoms with E-state index < -0.39 is 5.60 Å². The topological polar surface area (TPSA) is 50.2 Å². The van der Waals surface area contributed by atoms with E-state index in [1.807, 2.05) is 48.5 Å². The number of fused-ring (bicyclic) bond motifs is 3. The lowest BCUT2D eigenvalue weighted by molar-refractivity contribution is -0.126. The fraction of sp³-hybridized carbons (Fsp3) is 0.125. The van der Waals surface area contributed by atoms with Crippen LogP contribution in [0.25, 0.3) is 11.1 Å². The van der Waals surface area contributed by atoms with E-state index in [0.29, 0.717) is 5.75 Å². The number of Topliss-reactive ketones (excluding diaryl/α,β-unsaturated/α-hetero) is 1. The molecule has 0 aliphatic carbocycles. The summed E-state index contributed by atoms with van der Waals surface area (Å²) in [5, 5.41) is 7.24. The first-order valence-corrected chi connectivity index (χ1v) is 6.09. The summed E-state index contributed by atoms with van der Waals surface area (Å²) in [7, 11) is 0. The van der Waals surface area contributed by atoms with Crippen LogP contribution in [0.3, 0.4) is 0 Å². The van der Waals surface area contributed by atoms with Gasteiger partial charge in [-0.05, 0) is 18.6 Å². The number of hydrogen-bond acceptors (Lipinski definition) is 3. The number of rotatable bonds is 2. The van der Waals surface area contributed by atoms with E-state index >= 15 is 0 Å². The summed E-state index contributed by atoms with van der Waals surface area (Å²) < 4.78 is 5.90. The van der Waals surface area contributed by atoms with E-state index in [-0.39, 0.29) is 5.78 Å². The molecule has 3 nitrogen and oxygen atoms in total. The molecule has 0 fully saturated rings. The molecule has 3 heteroatoms. The van der Waals surface area contributed by atoms with Crippen LogP contribution in [-0.4, -0.2) is 12.0 Å². The largest absolute Gasteiger partial charge is 0.474 e. The Morgan fingerprint density at radius 1 is 1.11 bits per heavy atom. The van der Waals surface area contributed by atoms with Crippen LogP contribution in [0.1, 0.15) is 12.5 Å². The summed E-state index contributed by atoms with van der Waals surface area (Å²) >= 11 is 0. The van der Waals surface area contributed by atoms with Gasteiger partial charge in [-0.1, -0.05) is 42.5 Å². The Bertz CT molecular complexity index is 678. The zero-order valence-corrected chi connectivity index (χ0v) is 10.5. The van der Waals surface area contributed by atoms with Gasteiger partial charge in [0, 0.05) is 11.1 Å². The standard InChI is InChI=1S/C16H13NO2/c1-16(15(18)10-17)13-8-4-2-6-11(13)12-7-3-5-9-14(12)19-16/h2-10,17H,1H3. The lowest BCUT2D eigenvalue weighted by Gasteiger charge is -2.35. The van der Waals surface area contributed by atoms with Crippen molar-refractivity contribution in [2.45, 2.75) is 12.5 Å². The van der Waals surface area contributed by atoms with Crippen molar-refractivity contribution < 1.29 is 9.53 Å². The van der Waals surface area contributed by atoms with Gasteiger partial charge in [0.15, 0.2) is 5.60 Å². The molecule has 1 unspecified atom stereocenters. The van der Waals surface area contributed by atoms with E-state index in [4.69, 9.17) is 10.1 Å². The Hall–Kier alpha value is -2.42. The van der Waals surface area contributed by atoms with Crippen molar-refractivity contribution in [3.8, 4) is 16.9 Å². The Morgan fingerprint density at radius 2 is 1.74 bits per heavy atom. The Kier molecular flexibility index (Phi) is 2.49. The number of carbonyl (C=O) groups excluding carboxylic acids is 1. The highest BCUT2D eigenvalue weighted by atomic mass is 16.5. The van der Waals surface area contributed by atoms with Crippen LogP contribution in [0.4, 0.5) is 0 Å². The van der Waals surface area contributed by atoms with E-state index in [1.54, 1.807) is 6.92 Å². The zero-order valence-electron chi connectivity index (χ0n) is 10.5. The van der Waals surface area contributed by atoms with Crippen molar-refractivity contribution in [2.24, 2.45) is 0 Å². The Balaban J connectivity index is 2.31. The quantitative estimate of drug-likeness (QED) is 0.833. The lowest BCUT2D eigenvalue weighted by atomic mass is 9.83. The van der Waals surface area contributed by atoms with Crippen LogP contribution < -0.4 is 4.74 Å². The molecule has 2 aromatic rings. The van der Waals surface area contributed by atoms with Gasteiger partial charge in [-0.25, -0.2) is 0 Å². The molecule has 0 radical (unpaired) electrons. The monoisotopic (exact) mass is 251 g/mol. The van der Waals surface area contributed by atoms with E-state index in [2.05, 4.69) is 0 Å². The average Bonchev–Trinajstić information content (AvgIpc) is 2.47. The van der Waals surface area contributed by atoms with E-state index in [9.17, 15) is 4.79 Å². The van der Waals surface area contributed by atoms with Crippen LogP contribution in [0.15, 0.2) is 48.5 Å². The second-order valence-electron chi connectivity index (χ2n) is 4.69. The third-order valence-electron chi connectivity index (χ3n) is 3.53. The van der Waals surface area contributed by atoms with Gasteiger partial charge >= 0.3 is 0 Å². The molecule has 1 aliphatic heterocycles. The third kappa shape index (κ3) is 1.58. The molecule has 1 heterocycles. The Morgan fingerprint density at radius 3 is 2.47 bits per heavy atom. The number of hydrogen-bond donors (Lipinski definition) is 1. The number of benzene rings is 2. The van der Waals surface area contributed by atoms with Gasteiger partial charge in [0.1, 0.15) is 5.75 Å². The van der Waals surface area contributed by atoms with Crippen LogP contribution in [0, 0.1) is 5.41 Å². The summed E-state index contributed by atoms with van der Waals surface area (Å²) in [4.78, 5) is 12.1. The summed E-state index contributed by atoms with van der Waals surface area (Å²) in [6.45, 7) is 1.72. The van der Waals surface area contributed by atoms with Gasteiger partial charge in [-0.3, -0.25) is 4.79 Å². The first-order valence-electron chi connectivity index (χ1n) is 6.09. The summed E-state index contributed by atoms with van der Waals surface area (Å²) in [5.41, 5.74) is 1.66. The lowest BCUT2D eigenvalue weighted by Crippen LogP contribution is -2.41. The molecule has 1 aliphatic rings. The molecule has 19 heavy (non-hydrogen) atoms. The van der Waals surface area contributed by atoms with Gasteiger partial charge in [0.05, 0.1) is 6.21 Å². The van der Waals surface area contributed by atoms with Crippen molar-refractivity contribution >= 4 is 12.0 Å². The molecule has 0 spiro atoms. The minimum absolute atomic E-state index is 0.352. The third-order valence-corrected chi connectivity index (χ3v) is 3.53. The average molecular weight is 251 g/mol. The van der Waals surface area contributed by atoms with E-state index in [0.717, 1.165) is 22.9 Å². The zero-order chi connectivity index (χ0) is 13.5. The van der Waals surface area contributed by atoms with Gasteiger partial charge in [0.2, 0.25) is 5.78 Å². The molecule has 0 aromatic heterocycles. The molecule has 1 N–H and O–H groups in total. The summed E-state index contributed by atoms with van der Waals surface area (Å²) in [6.07, 6.45) is 0.824. The highest BCUT2D eigenvalue weighted by Crippen LogP contribution is 2.44. The number of nitrogens with one attached hydrogen (secondary N) is 1. The molecule has 0 saturated heterocycles. The minimum Gasteiger partial charge on any atom is -0.474 e. The molecule has 3 rings (SSSR count). The van der Waals surface area contributed by atoms with Crippen LogP contribution in [0.2, 0.25) is 0 Å². The molecule has 94 valence electrons. The molecule has 0 bridgehead atoms. The molecule has 2 aromatic carbocycles. The molecule has 1 atom stereocenters. The molecule has 0 amide bonds. The van der Waals surface area contributed by atoms with Gasteiger partial charge in [0.25, 0.3) is 0 Å². The maximum absolute atomic E-state index is 12.1. The number of ketones is 1. The Labute approximate surface area is 111 Å². The predicted octanol–water partition coefficient (Wildman–Crippen LogP) is 3.18. The highest BCUT2D eigenvalue weighted by Gasteiger charge is 2.41. The first-order chi connectivity index (χ1) is 9.16. The maximum Gasteiger partial charge on any atom is 0.220 e. The number of ether oxygens (including phenoxy) is 1. The fourth-order valence-corrected chi connectivity index (χ4v) is 2.51. The number of para-hydroxylation sites is 1. The summed E-state index contributed by atoms with van der Waals surface area (Å²) in [5.74, 6) is 0.327. The van der Waals surface area contributed by atoms with Crippen molar-refractivity contribution in [3.05, 3.63) is 54.1 Å². The smallest absolute Gasteiger partial charge is 0.220 e. The van der Waals surface area contributed by atoms with Crippen molar-refractivity contribution in [1.82, 2.24) is 0 Å². The fourth-order valence-electron chi connectivity index (χ4n) is 2.51. The predicted molar refractivity (Wildman–Crippen MR) is 73.6 cm³/mol. The minimum atomic E-state index is -1.12. The van der Waals surface area contributed by atoms with Gasteiger partial charge in [-0.2, -0.15) is 0 Å². The van der Waals surface area contributed by atoms with Crippen LogP contribution >= 0.6 is 0 Å². The molecule has 0 saturated carbocycles. The molecular formula is C16H13NO2. The van der Waals surface area contributed by atoms with Crippen LogP contribution in [0.5, 0.6) is 5.75 Å². The van der Waals surface area contributed by atoms with Gasteiger partial charge in [-0.15, -0.1) is 0 Å². The normalized spacial score (nSPS) is 19.8. The first kappa shape index (κ1) is 11.7. The van der Waals surface area contributed by atoms with Crippen molar-refractivity contribution in [2.75, 3.05) is 0 Å². The maximum atomic E-state index is 12.1.